The van der Waals surface area contributed by atoms with Gasteiger partial charge in [0.1, 0.15) is 5.69 Å². The highest BCUT2D eigenvalue weighted by Crippen LogP contribution is 2.33. The second-order valence-electron chi connectivity index (χ2n) is 8.10. The van der Waals surface area contributed by atoms with Crippen molar-refractivity contribution in [2.24, 2.45) is 11.8 Å². The molecule has 150 valence electrons. The van der Waals surface area contributed by atoms with Crippen molar-refractivity contribution in [3.8, 4) is 11.3 Å². The molecular weight excluding hydrogens is 368 g/mol. The fraction of sp³-hybridized carbons (Fsp3) is 0.542. The van der Waals surface area contributed by atoms with Crippen molar-refractivity contribution in [3.63, 3.8) is 0 Å². The molecule has 1 fully saturated rings. The molecule has 0 amide bonds. The molecule has 1 aliphatic rings. The van der Waals surface area contributed by atoms with Gasteiger partial charge in [0.25, 0.3) is 0 Å². The Morgan fingerprint density at radius 2 is 1.71 bits per heavy atom. The Morgan fingerprint density at radius 1 is 1.00 bits per heavy atom. The molecule has 0 atom stereocenters. The maximum absolute atomic E-state index is 12.6. The van der Waals surface area contributed by atoms with Crippen molar-refractivity contribution >= 4 is 17.4 Å². The fourth-order valence-corrected chi connectivity index (χ4v) is 4.38. The lowest BCUT2D eigenvalue weighted by Gasteiger charge is -2.27. The fourth-order valence-electron chi connectivity index (χ4n) is 4.22. The van der Waals surface area contributed by atoms with Crippen LogP contribution in [-0.2, 0) is 6.42 Å². The van der Waals surface area contributed by atoms with Crippen molar-refractivity contribution in [3.05, 3.63) is 47.7 Å². The summed E-state index contributed by atoms with van der Waals surface area (Å²) in [7, 11) is 0. The number of hydrogen-bond acceptors (Lipinski definition) is 3. The van der Waals surface area contributed by atoms with Gasteiger partial charge in [-0.2, -0.15) is 0 Å². The number of nitrogens with zero attached hydrogens (tertiary/aromatic N) is 2. The Kier molecular flexibility index (Phi) is 8.02. The minimum Gasteiger partial charge on any atom is -0.292 e. The van der Waals surface area contributed by atoms with Crippen LogP contribution in [0.1, 0.15) is 74.3 Å². The third-order valence-electron chi connectivity index (χ3n) is 5.93. The molecule has 0 unspecified atom stereocenters. The largest absolute Gasteiger partial charge is 0.292 e. The topological polar surface area (TPSA) is 42.9 Å². The zero-order valence-corrected chi connectivity index (χ0v) is 17.6. The maximum Gasteiger partial charge on any atom is 0.183 e. The van der Waals surface area contributed by atoms with E-state index in [-0.39, 0.29) is 5.78 Å². The molecule has 0 bridgehead atoms. The number of alkyl halides is 1. The summed E-state index contributed by atoms with van der Waals surface area (Å²) < 4.78 is 0. The summed E-state index contributed by atoms with van der Waals surface area (Å²) in [6.45, 7) is 2.18. The molecule has 1 heterocycles. The monoisotopic (exact) mass is 398 g/mol. The first-order valence-corrected chi connectivity index (χ1v) is 11.2. The standard InChI is InChI=1S/C24H31ClN2O/c1-2-4-18-10-12-21(13-11-18)22-14-15-23(27-26-22)24(28)17-20-8-6-19(7-9-20)5-3-16-25/h10-15,19-20H,2-9,16-17H2,1H3/t19-,20-. The molecule has 0 saturated heterocycles. The number of benzene rings is 1. The second-order valence-corrected chi connectivity index (χ2v) is 8.47. The molecular formula is C24H31ClN2O. The first kappa shape index (κ1) is 21.0. The van der Waals surface area contributed by atoms with Crippen LogP contribution in [0.2, 0.25) is 0 Å². The van der Waals surface area contributed by atoms with Gasteiger partial charge in [0.05, 0.1) is 5.69 Å². The molecule has 3 rings (SSSR count). The number of ketones is 1. The predicted molar refractivity (Wildman–Crippen MR) is 116 cm³/mol. The van der Waals surface area contributed by atoms with Gasteiger partial charge in [-0.25, -0.2) is 0 Å². The summed E-state index contributed by atoms with van der Waals surface area (Å²) >= 11 is 5.80. The molecule has 2 aromatic rings. The lowest BCUT2D eigenvalue weighted by molar-refractivity contribution is 0.0936. The van der Waals surface area contributed by atoms with Gasteiger partial charge in [0.2, 0.25) is 0 Å². The Labute approximate surface area is 173 Å². The number of Topliss-reactive ketones (excluding diaryl/α,β-unsaturated/α-hetero) is 1. The van der Waals surface area contributed by atoms with Crippen LogP contribution in [-0.4, -0.2) is 21.9 Å². The molecule has 1 aromatic heterocycles. The van der Waals surface area contributed by atoms with E-state index in [9.17, 15) is 4.79 Å². The van der Waals surface area contributed by atoms with E-state index in [4.69, 9.17) is 11.6 Å². The lowest BCUT2D eigenvalue weighted by atomic mass is 9.78. The summed E-state index contributed by atoms with van der Waals surface area (Å²) in [5, 5.41) is 8.52. The Morgan fingerprint density at radius 3 is 2.32 bits per heavy atom. The Bertz CT molecular complexity index is 734. The van der Waals surface area contributed by atoms with Gasteiger partial charge in [-0.3, -0.25) is 4.79 Å². The molecule has 4 heteroatoms. The van der Waals surface area contributed by atoms with E-state index in [1.807, 2.05) is 12.1 Å². The highest BCUT2D eigenvalue weighted by molar-refractivity contribution is 6.17. The number of halogens is 1. The van der Waals surface area contributed by atoms with Crippen LogP contribution >= 0.6 is 11.6 Å². The first-order valence-electron chi connectivity index (χ1n) is 10.7. The molecule has 28 heavy (non-hydrogen) atoms. The van der Waals surface area contributed by atoms with Crippen molar-refractivity contribution in [1.82, 2.24) is 10.2 Å². The molecule has 0 N–H and O–H groups in total. The lowest BCUT2D eigenvalue weighted by Crippen LogP contribution is -2.18. The van der Waals surface area contributed by atoms with Gasteiger partial charge < -0.3 is 0 Å². The van der Waals surface area contributed by atoms with Gasteiger partial charge in [-0.05, 0) is 61.6 Å². The van der Waals surface area contributed by atoms with Gasteiger partial charge in [-0.1, -0.05) is 50.5 Å². The zero-order chi connectivity index (χ0) is 19.8. The molecule has 0 radical (unpaired) electrons. The van der Waals surface area contributed by atoms with Crippen LogP contribution in [0, 0.1) is 11.8 Å². The molecule has 1 saturated carbocycles. The van der Waals surface area contributed by atoms with Crippen LogP contribution < -0.4 is 0 Å². The average molecular weight is 399 g/mol. The predicted octanol–water partition coefficient (Wildman–Crippen LogP) is 6.49. The highest BCUT2D eigenvalue weighted by atomic mass is 35.5. The number of carbonyl (C=O) groups is 1. The van der Waals surface area contributed by atoms with E-state index in [1.165, 1.54) is 24.8 Å². The number of carbonyl (C=O) groups excluding carboxylic acids is 1. The third kappa shape index (κ3) is 5.88. The zero-order valence-electron chi connectivity index (χ0n) is 16.9. The molecule has 3 nitrogen and oxygen atoms in total. The van der Waals surface area contributed by atoms with Gasteiger partial charge in [-0.15, -0.1) is 21.8 Å². The van der Waals surface area contributed by atoms with E-state index < -0.39 is 0 Å². The second kappa shape index (κ2) is 10.7. The molecule has 1 aliphatic carbocycles. The van der Waals surface area contributed by atoms with Crippen LogP contribution in [0.15, 0.2) is 36.4 Å². The number of aryl methyl sites for hydroxylation is 1. The van der Waals surface area contributed by atoms with E-state index >= 15 is 0 Å². The Hall–Kier alpha value is -1.74. The summed E-state index contributed by atoms with van der Waals surface area (Å²) in [4.78, 5) is 12.6. The minimum absolute atomic E-state index is 0.126. The van der Waals surface area contributed by atoms with Crippen LogP contribution in [0.5, 0.6) is 0 Å². The van der Waals surface area contributed by atoms with Gasteiger partial charge >= 0.3 is 0 Å². The van der Waals surface area contributed by atoms with Crippen LogP contribution in [0.4, 0.5) is 0 Å². The SMILES string of the molecule is CCCc1ccc(-c2ccc(C(=O)C[C@H]3CC[C@H](CCCCl)CC3)nn2)cc1. The number of hydrogen-bond donors (Lipinski definition) is 0. The smallest absolute Gasteiger partial charge is 0.183 e. The van der Waals surface area contributed by atoms with E-state index in [0.717, 1.165) is 55.2 Å². The summed E-state index contributed by atoms with van der Waals surface area (Å²) in [6, 6.07) is 12.2. The van der Waals surface area contributed by atoms with E-state index in [2.05, 4.69) is 41.4 Å². The summed E-state index contributed by atoms with van der Waals surface area (Å²) in [5.41, 5.74) is 3.69. The van der Waals surface area contributed by atoms with Gasteiger partial charge in [0, 0.05) is 17.9 Å². The average Bonchev–Trinajstić information content (AvgIpc) is 2.74. The summed E-state index contributed by atoms with van der Waals surface area (Å²) in [5.74, 6) is 2.18. The van der Waals surface area contributed by atoms with E-state index in [1.54, 1.807) is 0 Å². The third-order valence-corrected chi connectivity index (χ3v) is 6.19. The normalized spacial score (nSPS) is 19.5. The van der Waals surface area contributed by atoms with E-state index in [0.29, 0.717) is 18.0 Å². The van der Waals surface area contributed by atoms with Crippen molar-refractivity contribution in [2.45, 2.75) is 64.7 Å². The summed E-state index contributed by atoms with van der Waals surface area (Å²) in [6.07, 6.45) is 9.93. The number of aromatic nitrogens is 2. The van der Waals surface area contributed by atoms with Crippen LogP contribution in [0.3, 0.4) is 0 Å². The maximum atomic E-state index is 12.6. The molecule has 0 spiro atoms. The van der Waals surface area contributed by atoms with Crippen molar-refractivity contribution < 1.29 is 4.79 Å². The van der Waals surface area contributed by atoms with Crippen molar-refractivity contribution in [1.29, 1.82) is 0 Å². The highest BCUT2D eigenvalue weighted by Gasteiger charge is 2.23. The molecule has 0 aliphatic heterocycles. The van der Waals surface area contributed by atoms with Crippen molar-refractivity contribution in [2.75, 3.05) is 5.88 Å². The van der Waals surface area contributed by atoms with Crippen LogP contribution in [0.25, 0.3) is 11.3 Å². The first-order chi connectivity index (χ1) is 13.7. The Balaban J connectivity index is 1.52. The quantitative estimate of drug-likeness (QED) is 0.358. The van der Waals surface area contributed by atoms with Gasteiger partial charge in [0.15, 0.2) is 5.78 Å². The number of rotatable bonds is 9. The molecule has 1 aromatic carbocycles. The minimum atomic E-state index is 0.126.